The third-order valence-electron chi connectivity index (χ3n) is 2.75. The van der Waals surface area contributed by atoms with Crippen LogP contribution >= 0.6 is 0 Å². The van der Waals surface area contributed by atoms with Crippen LogP contribution in [0, 0.1) is 0 Å². The molecule has 0 amide bonds. The molecule has 0 aromatic heterocycles. The van der Waals surface area contributed by atoms with Gasteiger partial charge in [0.05, 0.1) is 0 Å². The molecule has 0 saturated carbocycles. The first kappa shape index (κ1) is 15.6. The van der Waals surface area contributed by atoms with E-state index in [1.165, 1.54) is 30.3 Å². The Hall–Kier alpha value is -2.76. The van der Waals surface area contributed by atoms with E-state index in [1.807, 2.05) is 0 Å². The fourth-order valence-electron chi connectivity index (χ4n) is 1.80. The van der Waals surface area contributed by atoms with Crippen molar-refractivity contribution in [3.8, 4) is 16.9 Å². The van der Waals surface area contributed by atoms with Crippen molar-refractivity contribution < 1.29 is 27.8 Å². The Bertz CT molecular complexity index is 671. The van der Waals surface area contributed by atoms with E-state index in [-0.39, 0.29) is 5.75 Å². The zero-order valence-corrected chi connectivity index (χ0v) is 11.2. The van der Waals surface area contributed by atoms with Gasteiger partial charge in [0.15, 0.2) is 0 Å². The number of carbonyl (C=O) groups is 1. The molecule has 2 rings (SSSR count). The van der Waals surface area contributed by atoms with E-state index in [0.717, 1.165) is 17.2 Å². The summed E-state index contributed by atoms with van der Waals surface area (Å²) < 4.78 is 40.0. The van der Waals surface area contributed by atoms with Crippen molar-refractivity contribution in [1.29, 1.82) is 0 Å². The molecule has 0 bridgehead atoms. The second-order valence-corrected chi connectivity index (χ2v) is 4.37. The minimum Gasteiger partial charge on any atom is -0.478 e. The molecule has 0 saturated heterocycles. The number of ether oxygens (including phenoxy) is 1. The lowest BCUT2D eigenvalue weighted by Gasteiger charge is -2.09. The van der Waals surface area contributed by atoms with Crippen LogP contribution in [0.15, 0.2) is 54.6 Å². The van der Waals surface area contributed by atoms with Crippen LogP contribution in [0.25, 0.3) is 17.2 Å². The Kier molecular flexibility index (Phi) is 4.50. The fraction of sp³-hybridized carbons (Fsp3) is 0.0625. The lowest BCUT2D eigenvalue weighted by molar-refractivity contribution is -0.274. The molecule has 0 atom stereocenters. The maximum absolute atomic E-state index is 12.1. The minimum absolute atomic E-state index is 0.280. The van der Waals surface area contributed by atoms with Crippen molar-refractivity contribution in [2.24, 2.45) is 0 Å². The molecule has 2 aromatic rings. The highest BCUT2D eigenvalue weighted by atomic mass is 19.4. The summed E-state index contributed by atoms with van der Waals surface area (Å²) in [6, 6.07) is 12.4. The zero-order valence-electron chi connectivity index (χ0n) is 11.2. The SMILES string of the molecule is O=C(O)C=Cc1ccc(-c2ccc(OC(F)(F)F)cc2)cc1. The van der Waals surface area contributed by atoms with Crippen molar-refractivity contribution in [1.82, 2.24) is 0 Å². The predicted octanol–water partition coefficient (Wildman–Crippen LogP) is 4.35. The topological polar surface area (TPSA) is 46.5 Å². The average Bonchev–Trinajstić information content (AvgIpc) is 2.45. The van der Waals surface area contributed by atoms with Gasteiger partial charge >= 0.3 is 12.3 Å². The standard InChI is InChI=1S/C16H11F3O3/c17-16(18,19)22-14-8-6-13(7-9-14)12-4-1-11(2-5-12)3-10-15(20)21/h1-10H,(H,20,21). The van der Waals surface area contributed by atoms with Gasteiger partial charge in [0.1, 0.15) is 5.75 Å². The first-order chi connectivity index (χ1) is 10.3. The molecular formula is C16H11F3O3. The summed E-state index contributed by atoms with van der Waals surface area (Å²) in [4.78, 5) is 10.4. The van der Waals surface area contributed by atoms with Gasteiger partial charge in [0.2, 0.25) is 0 Å². The van der Waals surface area contributed by atoms with Gasteiger partial charge in [-0.1, -0.05) is 36.4 Å². The third kappa shape index (κ3) is 4.66. The number of aliphatic carboxylic acids is 1. The van der Waals surface area contributed by atoms with Crippen LogP contribution in [0.5, 0.6) is 5.75 Å². The number of carboxylic acid groups (broad SMARTS) is 1. The number of benzene rings is 2. The molecule has 6 heteroatoms. The molecule has 2 aromatic carbocycles. The van der Waals surface area contributed by atoms with Gasteiger partial charge in [-0.05, 0) is 34.9 Å². The number of alkyl halides is 3. The van der Waals surface area contributed by atoms with Crippen molar-refractivity contribution in [2.75, 3.05) is 0 Å². The normalized spacial score (nSPS) is 11.6. The molecular weight excluding hydrogens is 297 g/mol. The molecule has 0 unspecified atom stereocenters. The van der Waals surface area contributed by atoms with E-state index in [0.29, 0.717) is 5.56 Å². The van der Waals surface area contributed by atoms with Crippen molar-refractivity contribution in [3.05, 3.63) is 60.2 Å². The number of halogens is 3. The Labute approximate surface area is 124 Å². The quantitative estimate of drug-likeness (QED) is 0.854. The Balaban J connectivity index is 2.13. The highest BCUT2D eigenvalue weighted by Crippen LogP contribution is 2.26. The minimum atomic E-state index is -4.71. The van der Waals surface area contributed by atoms with Gasteiger partial charge in [-0.25, -0.2) is 4.79 Å². The van der Waals surface area contributed by atoms with Crippen LogP contribution in [0.3, 0.4) is 0 Å². The summed E-state index contributed by atoms with van der Waals surface area (Å²) in [6.07, 6.45) is -2.23. The van der Waals surface area contributed by atoms with Crippen LogP contribution in [0.2, 0.25) is 0 Å². The maximum Gasteiger partial charge on any atom is 0.573 e. The van der Waals surface area contributed by atoms with Gasteiger partial charge < -0.3 is 9.84 Å². The Morgan fingerprint density at radius 2 is 1.45 bits per heavy atom. The highest BCUT2D eigenvalue weighted by Gasteiger charge is 2.30. The van der Waals surface area contributed by atoms with Gasteiger partial charge in [0.25, 0.3) is 0 Å². The fourth-order valence-corrected chi connectivity index (χ4v) is 1.80. The first-order valence-corrected chi connectivity index (χ1v) is 6.21. The lowest BCUT2D eigenvalue weighted by atomic mass is 10.0. The molecule has 0 heterocycles. The molecule has 1 N–H and O–H groups in total. The zero-order chi connectivity index (χ0) is 16.2. The highest BCUT2D eigenvalue weighted by molar-refractivity contribution is 5.85. The molecule has 0 aliphatic rings. The van der Waals surface area contributed by atoms with Gasteiger partial charge in [0, 0.05) is 6.08 Å². The molecule has 3 nitrogen and oxygen atoms in total. The predicted molar refractivity (Wildman–Crippen MR) is 75.2 cm³/mol. The van der Waals surface area contributed by atoms with Gasteiger partial charge in [-0.3, -0.25) is 0 Å². The largest absolute Gasteiger partial charge is 0.573 e. The Morgan fingerprint density at radius 3 is 1.91 bits per heavy atom. The Morgan fingerprint density at radius 1 is 0.955 bits per heavy atom. The van der Waals surface area contributed by atoms with Crippen LogP contribution in [0.4, 0.5) is 13.2 Å². The second-order valence-electron chi connectivity index (χ2n) is 4.37. The number of carboxylic acids is 1. The molecule has 0 radical (unpaired) electrons. The molecule has 0 fully saturated rings. The van der Waals surface area contributed by atoms with Crippen LogP contribution in [-0.4, -0.2) is 17.4 Å². The summed E-state index contributed by atoms with van der Waals surface area (Å²) in [7, 11) is 0. The lowest BCUT2D eigenvalue weighted by Crippen LogP contribution is -2.16. The van der Waals surface area contributed by atoms with Gasteiger partial charge in [-0.15, -0.1) is 13.2 Å². The number of hydrogen-bond donors (Lipinski definition) is 1. The van der Waals surface area contributed by atoms with E-state index < -0.39 is 12.3 Å². The van der Waals surface area contributed by atoms with E-state index in [2.05, 4.69) is 4.74 Å². The molecule has 0 spiro atoms. The van der Waals surface area contributed by atoms with Crippen LogP contribution in [-0.2, 0) is 4.79 Å². The van der Waals surface area contributed by atoms with E-state index >= 15 is 0 Å². The summed E-state index contributed by atoms with van der Waals surface area (Å²) in [6.45, 7) is 0. The van der Waals surface area contributed by atoms with E-state index in [9.17, 15) is 18.0 Å². The molecule has 22 heavy (non-hydrogen) atoms. The average molecular weight is 308 g/mol. The van der Waals surface area contributed by atoms with Gasteiger partial charge in [-0.2, -0.15) is 0 Å². The summed E-state index contributed by atoms with van der Waals surface area (Å²) in [5.74, 6) is -1.32. The monoisotopic (exact) mass is 308 g/mol. The van der Waals surface area contributed by atoms with E-state index in [1.54, 1.807) is 24.3 Å². The van der Waals surface area contributed by atoms with Crippen molar-refractivity contribution in [2.45, 2.75) is 6.36 Å². The molecule has 0 aliphatic heterocycles. The number of rotatable bonds is 4. The van der Waals surface area contributed by atoms with Crippen LogP contribution < -0.4 is 4.74 Å². The molecule has 114 valence electrons. The third-order valence-corrected chi connectivity index (χ3v) is 2.75. The summed E-state index contributed by atoms with van der Waals surface area (Å²) in [5.41, 5.74) is 2.23. The second kappa shape index (κ2) is 6.34. The van der Waals surface area contributed by atoms with Crippen LogP contribution in [0.1, 0.15) is 5.56 Å². The van der Waals surface area contributed by atoms with Crippen molar-refractivity contribution in [3.63, 3.8) is 0 Å². The summed E-state index contributed by atoms with van der Waals surface area (Å²) >= 11 is 0. The summed E-state index contributed by atoms with van der Waals surface area (Å²) in [5, 5.41) is 8.54. The first-order valence-electron chi connectivity index (χ1n) is 6.21. The maximum atomic E-state index is 12.1. The molecule has 0 aliphatic carbocycles. The smallest absolute Gasteiger partial charge is 0.478 e. The van der Waals surface area contributed by atoms with E-state index in [4.69, 9.17) is 5.11 Å². The number of hydrogen-bond acceptors (Lipinski definition) is 2. The van der Waals surface area contributed by atoms with Crippen molar-refractivity contribution >= 4 is 12.0 Å².